The van der Waals surface area contributed by atoms with Crippen LogP contribution in [0.2, 0.25) is 0 Å². The molecule has 1 atom stereocenters. The third kappa shape index (κ3) is 4.39. The van der Waals surface area contributed by atoms with E-state index in [1.165, 1.54) is 0 Å². The van der Waals surface area contributed by atoms with Crippen molar-refractivity contribution >= 4 is 10.9 Å². The Bertz CT molecular complexity index is 768. The largest absolute Gasteiger partial charge is 0.497 e. The highest BCUT2D eigenvalue weighted by molar-refractivity contribution is 5.80. The number of pyridine rings is 1. The van der Waals surface area contributed by atoms with Crippen LogP contribution in [0.1, 0.15) is 12.5 Å². The van der Waals surface area contributed by atoms with Gasteiger partial charge >= 0.3 is 0 Å². The molecule has 1 aromatic carbocycles. The molecule has 1 aromatic heterocycles. The summed E-state index contributed by atoms with van der Waals surface area (Å²) in [6.07, 6.45) is 0. The fraction of sp³-hybridized carbons (Fsp3) is 0.526. The monoisotopic (exact) mass is 345 g/mol. The molecule has 0 aliphatic carbocycles. The summed E-state index contributed by atoms with van der Waals surface area (Å²) in [5, 5.41) is 1.02. The van der Waals surface area contributed by atoms with E-state index in [0.29, 0.717) is 12.6 Å². The first-order valence-electron chi connectivity index (χ1n) is 8.77. The van der Waals surface area contributed by atoms with Gasteiger partial charge in [-0.3, -0.25) is 9.69 Å². The molecule has 1 N–H and O–H groups in total. The normalized spacial score (nSPS) is 17.1. The molecule has 3 rings (SSSR count). The lowest BCUT2D eigenvalue weighted by atomic mass is 10.1. The third-order valence-electron chi connectivity index (χ3n) is 4.82. The van der Waals surface area contributed by atoms with Gasteiger partial charge in [-0.15, -0.1) is 0 Å². The molecule has 2 aromatic rings. The van der Waals surface area contributed by atoms with Gasteiger partial charge in [-0.1, -0.05) is 0 Å². The van der Waals surface area contributed by atoms with Gasteiger partial charge in [0, 0.05) is 43.9 Å². The zero-order valence-corrected chi connectivity index (χ0v) is 15.2. The van der Waals surface area contributed by atoms with Crippen LogP contribution >= 0.6 is 0 Å². The van der Waals surface area contributed by atoms with Crippen molar-refractivity contribution in [1.82, 2.24) is 14.8 Å². The van der Waals surface area contributed by atoms with Crippen LogP contribution in [-0.4, -0.2) is 67.8 Å². The fourth-order valence-corrected chi connectivity index (χ4v) is 3.41. The number of hydrogen-bond acceptors (Lipinski definition) is 5. The number of H-pyrrole nitrogens is 1. The van der Waals surface area contributed by atoms with Crippen LogP contribution in [0.25, 0.3) is 10.9 Å². The predicted molar refractivity (Wildman–Crippen MR) is 99.3 cm³/mol. The minimum atomic E-state index is -0.0355. The molecular weight excluding hydrogens is 318 g/mol. The summed E-state index contributed by atoms with van der Waals surface area (Å²) in [7, 11) is 3.69. The number of morpholine rings is 1. The number of aromatic nitrogens is 1. The van der Waals surface area contributed by atoms with Crippen molar-refractivity contribution in [3.05, 3.63) is 40.2 Å². The molecule has 1 aliphatic heterocycles. The number of benzene rings is 1. The molecule has 0 radical (unpaired) electrons. The first-order chi connectivity index (χ1) is 12.1. The van der Waals surface area contributed by atoms with Crippen LogP contribution in [0.4, 0.5) is 0 Å². The lowest BCUT2D eigenvalue weighted by Gasteiger charge is -2.34. The second kappa shape index (κ2) is 7.99. The molecular formula is C19H27N3O3. The Balaban J connectivity index is 1.69. The van der Waals surface area contributed by atoms with Crippen molar-refractivity contribution < 1.29 is 9.47 Å². The summed E-state index contributed by atoms with van der Waals surface area (Å²) < 4.78 is 10.6. The maximum absolute atomic E-state index is 12.4. The van der Waals surface area contributed by atoms with Crippen molar-refractivity contribution in [2.45, 2.75) is 19.5 Å². The van der Waals surface area contributed by atoms with E-state index in [1.807, 2.05) is 24.3 Å². The Morgan fingerprint density at radius 1 is 1.32 bits per heavy atom. The first kappa shape index (κ1) is 17.9. The van der Waals surface area contributed by atoms with Crippen LogP contribution in [-0.2, 0) is 11.3 Å². The summed E-state index contributed by atoms with van der Waals surface area (Å²) in [5.74, 6) is 0.743. The van der Waals surface area contributed by atoms with Crippen LogP contribution in [0.3, 0.4) is 0 Å². The molecule has 6 nitrogen and oxygen atoms in total. The number of ether oxygens (including phenoxy) is 2. The minimum absolute atomic E-state index is 0.0355. The smallest absolute Gasteiger partial charge is 0.252 e. The van der Waals surface area contributed by atoms with Gasteiger partial charge in [0.1, 0.15) is 5.75 Å². The van der Waals surface area contributed by atoms with E-state index in [2.05, 4.69) is 28.8 Å². The summed E-state index contributed by atoms with van der Waals surface area (Å²) in [6.45, 7) is 7.36. The maximum Gasteiger partial charge on any atom is 0.252 e. The zero-order valence-electron chi connectivity index (χ0n) is 15.2. The highest BCUT2D eigenvalue weighted by Crippen LogP contribution is 2.19. The fourth-order valence-electron chi connectivity index (χ4n) is 3.41. The van der Waals surface area contributed by atoms with E-state index in [4.69, 9.17) is 9.47 Å². The molecule has 0 spiro atoms. The SMILES string of the molecule is COc1ccc2cc(CN(C)C[C@H](C)N3CCOCC3)c(=O)[nH]c2c1. The van der Waals surface area contributed by atoms with Gasteiger partial charge in [-0.05, 0) is 37.6 Å². The van der Waals surface area contributed by atoms with E-state index >= 15 is 0 Å². The molecule has 1 saturated heterocycles. The van der Waals surface area contributed by atoms with Crippen molar-refractivity contribution in [2.24, 2.45) is 0 Å². The molecule has 0 bridgehead atoms. The zero-order chi connectivity index (χ0) is 17.8. The van der Waals surface area contributed by atoms with Crippen LogP contribution in [0.15, 0.2) is 29.1 Å². The molecule has 1 aliphatic rings. The summed E-state index contributed by atoms with van der Waals surface area (Å²) >= 11 is 0. The molecule has 25 heavy (non-hydrogen) atoms. The minimum Gasteiger partial charge on any atom is -0.497 e. The molecule has 0 unspecified atom stereocenters. The van der Waals surface area contributed by atoms with Gasteiger partial charge in [-0.2, -0.15) is 0 Å². The predicted octanol–water partition coefficient (Wildman–Crippen LogP) is 1.69. The average molecular weight is 345 g/mol. The van der Waals surface area contributed by atoms with Gasteiger partial charge < -0.3 is 19.4 Å². The highest BCUT2D eigenvalue weighted by Gasteiger charge is 2.18. The molecule has 6 heteroatoms. The van der Waals surface area contributed by atoms with E-state index in [1.54, 1.807) is 7.11 Å². The topological polar surface area (TPSA) is 57.8 Å². The van der Waals surface area contributed by atoms with Crippen molar-refractivity contribution in [2.75, 3.05) is 47.0 Å². The number of fused-ring (bicyclic) bond motifs is 1. The number of hydrogen-bond donors (Lipinski definition) is 1. The average Bonchev–Trinajstić information content (AvgIpc) is 2.62. The van der Waals surface area contributed by atoms with E-state index in [0.717, 1.165) is 55.1 Å². The molecule has 0 saturated carbocycles. The molecule has 1 fully saturated rings. The van der Waals surface area contributed by atoms with Gasteiger partial charge in [-0.25, -0.2) is 0 Å². The second-order valence-electron chi connectivity index (χ2n) is 6.77. The van der Waals surface area contributed by atoms with Gasteiger partial charge in [0.25, 0.3) is 5.56 Å². The number of likely N-dealkylation sites (N-methyl/N-ethyl adjacent to an activating group) is 1. The number of methoxy groups -OCH3 is 1. The second-order valence-corrected chi connectivity index (χ2v) is 6.77. The van der Waals surface area contributed by atoms with Crippen molar-refractivity contribution in [3.63, 3.8) is 0 Å². The van der Waals surface area contributed by atoms with Crippen molar-refractivity contribution in [3.8, 4) is 5.75 Å². The summed E-state index contributed by atoms with van der Waals surface area (Å²) in [6, 6.07) is 8.16. The Labute approximate surface area is 148 Å². The third-order valence-corrected chi connectivity index (χ3v) is 4.82. The van der Waals surface area contributed by atoms with Gasteiger partial charge in [0.05, 0.1) is 25.8 Å². The molecule has 0 amide bonds. The van der Waals surface area contributed by atoms with E-state index in [9.17, 15) is 4.79 Å². The van der Waals surface area contributed by atoms with Crippen molar-refractivity contribution in [1.29, 1.82) is 0 Å². The number of nitrogens with zero attached hydrogens (tertiary/aromatic N) is 2. The number of rotatable bonds is 6. The quantitative estimate of drug-likeness (QED) is 0.863. The molecule has 2 heterocycles. The maximum atomic E-state index is 12.4. The first-order valence-corrected chi connectivity index (χ1v) is 8.77. The van der Waals surface area contributed by atoms with Crippen LogP contribution in [0.5, 0.6) is 5.75 Å². The lowest BCUT2D eigenvalue weighted by molar-refractivity contribution is 0.0137. The molecule has 136 valence electrons. The number of aromatic amines is 1. The van der Waals surface area contributed by atoms with Gasteiger partial charge in [0.15, 0.2) is 0 Å². The van der Waals surface area contributed by atoms with Crippen LogP contribution in [0, 0.1) is 0 Å². The standard InChI is InChI=1S/C19H27N3O3/c1-14(22-6-8-25-9-7-22)12-21(2)13-16-10-15-4-5-17(24-3)11-18(15)20-19(16)23/h4-5,10-11,14H,6-9,12-13H2,1-3H3,(H,20,23)/t14-/m0/s1. The highest BCUT2D eigenvalue weighted by atomic mass is 16.5. The summed E-state index contributed by atoms with van der Waals surface area (Å²) in [5.41, 5.74) is 1.55. The Morgan fingerprint density at radius 2 is 2.08 bits per heavy atom. The number of nitrogens with one attached hydrogen (secondary N) is 1. The van der Waals surface area contributed by atoms with Crippen LogP contribution < -0.4 is 10.3 Å². The Hall–Kier alpha value is -1.89. The van der Waals surface area contributed by atoms with Gasteiger partial charge in [0.2, 0.25) is 0 Å². The van der Waals surface area contributed by atoms with E-state index in [-0.39, 0.29) is 5.56 Å². The Morgan fingerprint density at radius 3 is 2.80 bits per heavy atom. The lowest BCUT2D eigenvalue weighted by Crippen LogP contribution is -2.46. The van der Waals surface area contributed by atoms with E-state index < -0.39 is 0 Å². The Kier molecular flexibility index (Phi) is 5.73. The summed E-state index contributed by atoms with van der Waals surface area (Å²) in [4.78, 5) is 20.0.